The predicted molar refractivity (Wildman–Crippen MR) is 98.1 cm³/mol. The van der Waals surface area contributed by atoms with E-state index < -0.39 is 17.1 Å². The van der Waals surface area contributed by atoms with E-state index >= 15 is 0 Å². The molecule has 6 heteroatoms. The number of nitrogens with zero attached hydrogens (tertiary/aromatic N) is 2. The van der Waals surface area contributed by atoms with Crippen LogP contribution in [0.3, 0.4) is 0 Å². The molecule has 1 heterocycles. The largest absolute Gasteiger partial charge is 0.444 e. The zero-order chi connectivity index (χ0) is 19.7. The maximum absolute atomic E-state index is 13.3. The van der Waals surface area contributed by atoms with Gasteiger partial charge in [-0.05, 0) is 38.5 Å². The van der Waals surface area contributed by atoms with E-state index in [0.717, 1.165) is 5.56 Å². The third kappa shape index (κ3) is 4.96. The van der Waals surface area contributed by atoms with Crippen LogP contribution in [0.4, 0.5) is 9.18 Å². The first-order chi connectivity index (χ1) is 11.9. The average Bonchev–Trinajstić information content (AvgIpc) is 2.52. The fourth-order valence-corrected chi connectivity index (χ4v) is 2.95. The smallest absolute Gasteiger partial charge is 0.410 e. The highest BCUT2D eigenvalue weighted by Gasteiger charge is 2.38. The van der Waals surface area contributed by atoms with Gasteiger partial charge < -0.3 is 9.64 Å². The van der Waals surface area contributed by atoms with Crippen LogP contribution in [-0.4, -0.2) is 47.0 Å². The van der Waals surface area contributed by atoms with Crippen molar-refractivity contribution in [2.75, 3.05) is 19.6 Å². The van der Waals surface area contributed by atoms with E-state index in [9.17, 15) is 14.0 Å². The first kappa shape index (κ1) is 20.2. The van der Waals surface area contributed by atoms with Gasteiger partial charge in [0.1, 0.15) is 11.4 Å². The Morgan fingerprint density at radius 3 is 2.12 bits per heavy atom. The Kier molecular flexibility index (Phi) is 5.64. The second kappa shape index (κ2) is 7.25. The number of carbonyl (C=O) groups excluding carboxylic acids is 2. The molecule has 1 aliphatic rings. The number of halogens is 1. The summed E-state index contributed by atoms with van der Waals surface area (Å²) in [6, 6.07) is 5.68. The maximum atomic E-state index is 13.3. The fraction of sp³-hybridized carbons (Fsp3) is 0.600. The topological polar surface area (TPSA) is 49.9 Å². The van der Waals surface area contributed by atoms with Gasteiger partial charge in [0.05, 0.1) is 6.04 Å². The summed E-state index contributed by atoms with van der Waals surface area (Å²) in [5.74, 6) is -0.301. The predicted octanol–water partition coefficient (Wildman–Crippen LogP) is 3.99. The molecule has 0 radical (unpaired) electrons. The van der Waals surface area contributed by atoms with Crippen LogP contribution in [0, 0.1) is 11.2 Å². The van der Waals surface area contributed by atoms with E-state index in [0.29, 0.717) is 19.6 Å². The lowest BCUT2D eigenvalue weighted by atomic mass is 9.93. The monoisotopic (exact) mass is 364 g/mol. The molecule has 1 saturated heterocycles. The Labute approximate surface area is 155 Å². The standard InChI is InChI=1S/C20H29FN2O3/c1-19(2,3)17(24)22-11-12-23(18(25)26-20(4,5)6)16(13-22)14-7-9-15(21)10-8-14/h7-10,16H,11-13H2,1-6H3. The van der Waals surface area contributed by atoms with Crippen molar-refractivity contribution in [3.63, 3.8) is 0 Å². The molecule has 1 aromatic carbocycles. The molecule has 2 amide bonds. The highest BCUT2D eigenvalue weighted by molar-refractivity contribution is 5.82. The number of benzene rings is 1. The van der Waals surface area contributed by atoms with Crippen molar-refractivity contribution < 1.29 is 18.7 Å². The lowest BCUT2D eigenvalue weighted by Crippen LogP contribution is -2.55. The van der Waals surface area contributed by atoms with Crippen LogP contribution < -0.4 is 0 Å². The molecule has 1 atom stereocenters. The van der Waals surface area contributed by atoms with Gasteiger partial charge in [-0.25, -0.2) is 9.18 Å². The SMILES string of the molecule is CC(C)(C)OC(=O)N1CCN(C(=O)C(C)(C)C)CC1c1ccc(F)cc1. The van der Waals surface area contributed by atoms with Crippen molar-refractivity contribution in [3.05, 3.63) is 35.6 Å². The van der Waals surface area contributed by atoms with E-state index in [1.807, 2.05) is 41.5 Å². The highest BCUT2D eigenvalue weighted by Crippen LogP contribution is 2.30. The van der Waals surface area contributed by atoms with Crippen LogP contribution in [0.25, 0.3) is 0 Å². The zero-order valence-electron chi connectivity index (χ0n) is 16.5. The van der Waals surface area contributed by atoms with E-state index in [1.165, 1.54) is 12.1 Å². The van der Waals surface area contributed by atoms with Crippen LogP contribution in [0.5, 0.6) is 0 Å². The summed E-state index contributed by atoms with van der Waals surface area (Å²) in [6.45, 7) is 12.3. The minimum absolute atomic E-state index is 0.0356. The molecule has 1 aromatic rings. The number of rotatable bonds is 1. The van der Waals surface area contributed by atoms with Crippen LogP contribution >= 0.6 is 0 Å². The molecule has 5 nitrogen and oxygen atoms in total. The van der Waals surface area contributed by atoms with Gasteiger partial charge in [-0.2, -0.15) is 0 Å². The van der Waals surface area contributed by atoms with E-state index in [-0.39, 0.29) is 17.8 Å². The number of hydrogen-bond acceptors (Lipinski definition) is 3. The molecule has 0 aliphatic carbocycles. The molecule has 0 spiro atoms. The number of amides is 2. The van der Waals surface area contributed by atoms with Gasteiger partial charge in [0, 0.05) is 25.0 Å². The highest BCUT2D eigenvalue weighted by atomic mass is 19.1. The first-order valence-corrected chi connectivity index (χ1v) is 8.93. The Hall–Kier alpha value is -2.11. The first-order valence-electron chi connectivity index (χ1n) is 8.93. The second-order valence-electron chi connectivity index (χ2n) is 8.74. The Morgan fingerprint density at radius 2 is 1.62 bits per heavy atom. The van der Waals surface area contributed by atoms with Gasteiger partial charge in [-0.15, -0.1) is 0 Å². The molecule has 1 aliphatic heterocycles. The quantitative estimate of drug-likeness (QED) is 0.757. The van der Waals surface area contributed by atoms with Crippen molar-refractivity contribution in [1.82, 2.24) is 9.80 Å². The third-order valence-electron chi connectivity index (χ3n) is 4.19. The molecular formula is C20H29FN2O3. The minimum atomic E-state index is -0.608. The van der Waals surface area contributed by atoms with E-state index in [4.69, 9.17) is 4.74 Å². The summed E-state index contributed by atoms with van der Waals surface area (Å²) in [4.78, 5) is 28.8. The van der Waals surface area contributed by atoms with Gasteiger partial charge >= 0.3 is 6.09 Å². The lowest BCUT2D eigenvalue weighted by Gasteiger charge is -2.43. The van der Waals surface area contributed by atoms with Crippen LogP contribution in [0.1, 0.15) is 53.1 Å². The van der Waals surface area contributed by atoms with Gasteiger partial charge in [0.15, 0.2) is 0 Å². The van der Waals surface area contributed by atoms with Crippen LogP contribution in [-0.2, 0) is 9.53 Å². The van der Waals surface area contributed by atoms with Crippen molar-refractivity contribution in [1.29, 1.82) is 0 Å². The summed E-state index contributed by atoms with van der Waals surface area (Å²) in [6.07, 6.45) is -0.422. The normalized spacial score (nSPS) is 18.7. The molecule has 144 valence electrons. The third-order valence-corrected chi connectivity index (χ3v) is 4.19. The molecule has 2 rings (SSSR count). The van der Waals surface area contributed by atoms with Crippen molar-refractivity contribution >= 4 is 12.0 Å². The Balaban J connectivity index is 2.29. The van der Waals surface area contributed by atoms with Gasteiger partial charge in [-0.1, -0.05) is 32.9 Å². The summed E-state index contributed by atoms with van der Waals surface area (Å²) >= 11 is 0. The summed E-state index contributed by atoms with van der Waals surface area (Å²) in [7, 11) is 0. The van der Waals surface area contributed by atoms with Crippen molar-refractivity contribution in [3.8, 4) is 0 Å². The van der Waals surface area contributed by atoms with Crippen molar-refractivity contribution in [2.45, 2.75) is 53.2 Å². The van der Waals surface area contributed by atoms with Gasteiger partial charge in [0.25, 0.3) is 0 Å². The summed E-state index contributed by atoms with van der Waals surface area (Å²) in [5.41, 5.74) is -0.326. The minimum Gasteiger partial charge on any atom is -0.444 e. The fourth-order valence-electron chi connectivity index (χ4n) is 2.95. The average molecular weight is 364 g/mol. The van der Waals surface area contributed by atoms with Crippen LogP contribution in [0.2, 0.25) is 0 Å². The maximum Gasteiger partial charge on any atom is 0.410 e. The molecule has 26 heavy (non-hydrogen) atoms. The number of ether oxygens (including phenoxy) is 1. The number of piperazine rings is 1. The molecule has 0 bridgehead atoms. The lowest BCUT2D eigenvalue weighted by molar-refractivity contribution is -0.142. The molecule has 1 unspecified atom stereocenters. The van der Waals surface area contributed by atoms with E-state index in [1.54, 1.807) is 21.9 Å². The molecular weight excluding hydrogens is 335 g/mol. The molecule has 1 fully saturated rings. The Bertz CT molecular complexity index is 659. The molecule has 0 aromatic heterocycles. The van der Waals surface area contributed by atoms with Crippen LogP contribution in [0.15, 0.2) is 24.3 Å². The second-order valence-corrected chi connectivity index (χ2v) is 8.74. The Morgan fingerprint density at radius 1 is 1.04 bits per heavy atom. The molecule has 0 saturated carbocycles. The number of hydrogen-bond donors (Lipinski definition) is 0. The van der Waals surface area contributed by atoms with Crippen molar-refractivity contribution in [2.24, 2.45) is 5.41 Å². The molecule has 0 N–H and O–H groups in total. The van der Waals surface area contributed by atoms with Gasteiger partial charge in [0.2, 0.25) is 5.91 Å². The van der Waals surface area contributed by atoms with E-state index in [2.05, 4.69) is 0 Å². The zero-order valence-corrected chi connectivity index (χ0v) is 16.5. The summed E-state index contributed by atoms with van der Waals surface area (Å²) < 4.78 is 18.8. The summed E-state index contributed by atoms with van der Waals surface area (Å²) in [5, 5.41) is 0. The number of carbonyl (C=O) groups is 2. The van der Waals surface area contributed by atoms with Gasteiger partial charge in [-0.3, -0.25) is 9.69 Å².